The second-order valence-corrected chi connectivity index (χ2v) is 8.31. The summed E-state index contributed by atoms with van der Waals surface area (Å²) in [7, 11) is 0. The van der Waals surface area contributed by atoms with E-state index in [0.29, 0.717) is 10.8 Å². The van der Waals surface area contributed by atoms with Gasteiger partial charge in [0.1, 0.15) is 6.54 Å². The molecule has 0 aliphatic rings. The number of carbonyl (C=O) groups is 1. The van der Waals surface area contributed by atoms with Crippen LogP contribution in [0.3, 0.4) is 0 Å². The normalized spacial score (nSPS) is 11.1. The summed E-state index contributed by atoms with van der Waals surface area (Å²) in [6.45, 7) is 1.82. The Morgan fingerprint density at radius 3 is 2.77 bits per heavy atom. The standard InChI is InChI=1S/C24H18N4O2S/c1-15-9-10-20-21(13-15)31-24(25-20)26-22(29)14-28-23(30)12-11-19(27-28)18-8-4-6-16-5-2-3-7-17(16)18/h2-13H,14H2,1H3,(H,25,26,29). The minimum atomic E-state index is -0.347. The molecule has 152 valence electrons. The van der Waals surface area contributed by atoms with Gasteiger partial charge in [0.2, 0.25) is 5.91 Å². The van der Waals surface area contributed by atoms with Crippen LogP contribution in [0.5, 0.6) is 0 Å². The molecule has 5 rings (SSSR count). The molecule has 0 saturated heterocycles. The van der Waals surface area contributed by atoms with Crippen LogP contribution in [0.1, 0.15) is 5.56 Å². The molecule has 0 unspecified atom stereocenters. The Labute approximate surface area is 181 Å². The van der Waals surface area contributed by atoms with Crippen molar-refractivity contribution in [3.63, 3.8) is 0 Å². The summed E-state index contributed by atoms with van der Waals surface area (Å²) in [5.74, 6) is -0.347. The number of fused-ring (bicyclic) bond motifs is 2. The molecule has 0 spiro atoms. The van der Waals surface area contributed by atoms with E-state index in [9.17, 15) is 9.59 Å². The molecule has 5 aromatic rings. The SMILES string of the molecule is Cc1ccc2nc(NC(=O)Cn3nc(-c4cccc5ccccc45)ccc3=O)sc2c1. The van der Waals surface area contributed by atoms with Crippen LogP contribution in [-0.4, -0.2) is 20.7 Å². The van der Waals surface area contributed by atoms with Gasteiger partial charge in [0, 0.05) is 11.6 Å². The second-order valence-electron chi connectivity index (χ2n) is 7.28. The van der Waals surface area contributed by atoms with Crippen molar-refractivity contribution in [2.24, 2.45) is 0 Å². The van der Waals surface area contributed by atoms with E-state index in [2.05, 4.69) is 15.4 Å². The molecule has 6 nitrogen and oxygen atoms in total. The number of nitrogens with one attached hydrogen (secondary N) is 1. The molecule has 0 saturated carbocycles. The number of aromatic nitrogens is 3. The summed E-state index contributed by atoms with van der Waals surface area (Å²) < 4.78 is 2.19. The highest BCUT2D eigenvalue weighted by atomic mass is 32.1. The van der Waals surface area contributed by atoms with Crippen LogP contribution in [-0.2, 0) is 11.3 Å². The molecule has 1 amide bonds. The number of hydrogen-bond acceptors (Lipinski definition) is 5. The Kier molecular flexibility index (Phi) is 4.80. The van der Waals surface area contributed by atoms with Gasteiger partial charge in [-0.05, 0) is 41.5 Å². The van der Waals surface area contributed by atoms with Crippen LogP contribution in [0.2, 0.25) is 0 Å². The first-order valence-corrected chi connectivity index (χ1v) is 10.6. The van der Waals surface area contributed by atoms with Crippen LogP contribution in [0.15, 0.2) is 77.6 Å². The first-order chi connectivity index (χ1) is 15.1. The number of nitrogens with zero attached hydrogens (tertiary/aromatic N) is 3. The monoisotopic (exact) mass is 426 g/mol. The van der Waals surface area contributed by atoms with E-state index in [1.165, 1.54) is 22.1 Å². The summed E-state index contributed by atoms with van der Waals surface area (Å²) in [6, 6.07) is 23.0. The van der Waals surface area contributed by atoms with Gasteiger partial charge in [-0.3, -0.25) is 9.59 Å². The molecule has 2 aromatic heterocycles. The Hall–Kier alpha value is -3.84. The fourth-order valence-electron chi connectivity index (χ4n) is 3.53. The predicted molar refractivity (Wildman–Crippen MR) is 124 cm³/mol. The van der Waals surface area contributed by atoms with Crippen LogP contribution in [0.25, 0.3) is 32.2 Å². The number of aryl methyl sites for hydroxylation is 1. The van der Waals surface area contributed by atoms with E-state index in [1.54, 1.807) is 6.07 Å². The number of benzene rings is 3. The molecular weight excluding hydrogens is 408 g/mol. The smallest absolute Gasteiger partial charge is 0.267 e. The van der Waals surface area contributed by atoms with E-state index >= 15 is 0 Å². The van der Waals surface area contributed by atoms with Crippen molar-refractivity contribution < 1.29 is 4.79 Å². The average molecular weight is 427 g/mol. The maximum atomic E-state index is 12.6. The lowest BCUT2D eigenvalue weighted by atomic mass is 10.0. The van der Waals surface area contributed by atoms with Crippen molar-refractivity contribution in [3.05, 3.63) is 88.7 Å². The third-order valence-electron chi connectivity index (χ3n) is 5.02. The highest BCUT2D eigenvalue weighted by molar-refractivity contribution is 7.22. The van der Waals surface area contributed by atoms with Gasteiger partial charge in [-0.1, -0.05) is 59.9 Å². The third-order valence-corrected chi connectivity index (χ3v) is 5.95. The number of thiazole rings is 1. The molecule has 0 aliphatic carbocycles. The number of amides is 1. The molecule has 0 radical (unpaired) electrons. The molecule has 0 atom stereocenters. The van der Waals surface area contributed by atoms with Crippen molar-refractivity contribution in [1.82, 2.24) is 14.8 Å². The van der Waals surface area contributed by atoms with Gasteiger partial charge in [-0.25, -0.2) is 9.67 Å². The molecule has 7 heteroatoms. The quantitative estimate of drug-likeness (QED) is 0.455. The number of rotatable bonds is 4. The summed E-state index contributed by atoms with van der Waals surface area (Å²) >= 11 is 1.41. The van der Waals surface area contributed by atoms with Gasteiger partial charge in [0.15, 0.2) is 5.13 Å². The zero-order valence-corrected chi connectivity index (χ0v) is 17.5. The molecule has 2 heterocycles. The van der Waals surface area contributed by atoms with Crippen molar-refractivity contribution in [2.75, 3.05) is 5.32 Å². The maximum Gasteiger partial charge on any atom is 0.267 e. The molecule has 31 heavy (non-hydrogen) atoms. The Morgan fingerprint density at radius 1 is 1.03 bits per heavy atom. The lowest BCUT2D eigenvalue weighted by Gasteiger charge is -2.09. The summed E-state index contributed by atoms with van der Waals surface area (Å²) in [6.07, 6.45) is 0. The Balaban J connectivity index is 1.42. The average Bonchev–Trinajstić information content (AvgIpc) is 3.16. The third kappa shape index (κ3) is 3.83. The highest BCUT2D eigenvalue weighted by Crippen LogP contribution is 2.27. The van der Waals surface area contributed by atoms with E-state index in [-0.39, 0.29) is 18.0 Å². The zero-order chi connectivity index (χ0) is 21.4. The zero-order valence-electron chi connectivity index (χ0n) is 16.7. The van der Waals surface area contributed by atoms with Crippen molar-refractivity contribution in [3.8, 4) is 11.3 Å². The molecule has 3 aromatic carbocycles. The molecule has 0 aliphatic heterocycles. The van der Waals surface area contributed by atoms with E-state index in [4.69, 9.17) is 0 Å². The predicted octanol–water partition coefficient (Wildman–Crippen LogP) is 4.62. The molecule has 0 fully saturated rings. The van der Waals surface area contributed by atoms with Crippen LogP contribution >= 0.6 is 11.3 Å². The van der Waals surface area contributed by atoms with Gasteiger partial charge >= 0.3 is 0 Å². The highest BCUT2D eigenvalue weighted by Gasteiger charge is 2.12. The molecule has 0 bridgehead atoms. The minimum Gasteiger partial charge on any atom is -0.300 e. The Bertz CT molecular complexity index is 1500. The summed E-state index contributed by atoms with van der Waals surface area (Å²) in [5, 5.41) is 9.87. The first-order valence-electron chi connectivity index (χ1n) is 9.80. The van der Waals surface area contributed by atoms with Gasteiger partial charge < -0.3 is 5.32 Å². The second kappa shape index (κ2) is 7.77. The first kappa shape index (κ1) is 19.1. The van der Waals surface area contributed by atoms with Gasteiger partial charge in [-0.2, -0.15) is 5.10 Å². The van der Waals surface area contributed by atoms with E-state index in [0.717, 1.165) is 32.1 Å². The fourth-order valence-corrected chi connectivity index (χ4v) is 4.51. The van der Waals surface area contributed by atoms with Crippen molar-refractivity contribution in [1.29, 1.82) is 0 Å². The van der Waals surface area contributed by atoms with Gasteiger partial charge in [0.05, 0.1) is 15.9 Å². The number of anilines is 1. The van der Waals surface area contributed by atoms with Crippen LogP contribution < -0.4 is 10.9 Å². The summed E-state index contributed by atoms with van der Waals surface area (Å²) in [4.78, 5) is 29.4. The van der Waals surface area contributed by atoms with E-state index < -0.39 is 0 Å². The lowest BCUT2D eigenvalue weighted by Crippen LogP contribution is -2.29. The number of carbonyl (C=O) groups excluding carboxylic acids is 1. The van der Waals surface area contributed by atoms with Crippen molar-refractivity contribution in [2.45, 2.75) is 13.5 Å². The maximum absolute atomic E-state index is 12.6. The van der Waals surface area contributed by atoms with E-state index in [1.807, 2.05) is 67.6 Å². The van der Waals surface area contributed by atoms with Crippen molar-refractivity contribution >= 4 is 43.4 Å². The Morgan fingerprint density at radius 2 is 1.87 bits per heavy atom. The minimum absolute atomic E-state index is 0.188. The fraction of sp³-hybridized carbons (Fsp3) is 0.0833. The number of hydrogen-bond donors (Lipinski definition) is 1. The van der Waals surface area contributed by atoms with Crippen LogP contribution in [0.4, 0.5) is 5.13 Å². The van der Waals surface area contributed by atoms with Gasteiger partial charge in [0.25, 0.3) is 5.56 Å². The topological polar surface area (TPSA) is 76.9 Å². The summed E-state index contributed by atoms with van der Waals surface area (Å²) in [5.41, 5.74) is 3.18. The van der Waals surface area contributed by atoms with Gasteiger partial charge in [-0.15, -0.1) is 0 Å². The largest absolute Gasteiger partial charge is 0.300 e. The van der Waals surface area contributed by atoms with Crippen LogP contribution in [0, 0.1) is 6.92 Å². The molecule has 1 N–H and O–H groups in total. The lowest BCUT2D eigenvalue weighted by molar-refractivity contribution is -0.117. The molecular formula is C24H18N4O2S.